The second-order valence-corrected chi connectivity index (χ2v) is 7.18. The number of sulfonamides is 1. The fraction of sp³-hybridized carbons (Fsp3) is 0.385. The van der Waals surface area contributed by atoms with Crippen molar-refractivity contribution in [3.63, 3.8) is 0 Å². The van der Waals surface area contributed by atoms with Crippen LogP contribution in [0.5, 0.6) is 0 Å². The van der Waals surface area contributed by atoms with E-state index in [1.807, 2.05) is 0 Å². The minimum absolute atomic E-state index is 0.0414. The molecule has 1 saturated heterocycles. The molecule has 21 heavy (non-hydrogen) atoms. The summed E-state index contributed by atoms with van der Waals surface area (Å²) in [7, 11) is -3.76. The number of amides is 2. The van der Waals surface area contributed by atoms with E-state index in [4.69, 9.17) is 11.6 Å². The Morgan fingerprint density at radius 1 is 1.43 bits per heavy atom. The summed E-state index contributed by atoms with van der Waals surface area (Å²) in [5.41, 5.74) is 1.18. The molecular weight excluding hydrogens is 316 g/mol. The second kappa shape index (κ2) is 5.65. The zero-order chi connectivity index (χ0) is 15.8. The van der Waals surface area contributed by atoms with Crippen LogP contribution in [0.1, 0.15) is 18.4 Å². The highest BCUT2D eigenvalue weighted by Gasteiger charge is 2.41. The van der Waals surface area contributed by atoms with Gasteiger partial charge in [-0.05, 0) is 31.0 Å². The monoisotopic (exact) mass is 330 g/mol. The van der Waals surface area contributed by atoms with E-state index >= 15 is 0 Å². The molecule has 1 atom stereocenters. The Balaban J connectivity index is 2.24. The smallest absolute Gasteiger partial charge is 0.248 e. The van der Waals surface area contributed by atoms with Crippen LogP contribution in [0.25, 0.3) is 0 Å². The summed E-state index contributed by atoms with van der Waals surface area (Å²) >= 11 is 5.97. The lowest BCUT2D eigenvalue weighted by Gasteiger charge is -2.22. The highest BCUT2D eigenvalue weighted by molar-refractivity contribution is 7.89. The molecule has 1 aromatic rings. The van der Waals surface area contributed by atoms with Gasteiger partial charge in [0, 0.05) is 17.1 Å². The molecule has 1 unspecified atom stereocenters. The average Bonchev–Trinajstić information content (AvgIpc) is 2.77. The molecule has 1 fully saturated rings. The SMILES string of the molecule is Cc1c(Cl)cccc1NC(=O)C1CCC(=O)N1S(C)(=O)=O. The number of benzene rings is 1. The lowest BCUT2D eigenvalue weighted by molar-refractivity contribution is -0.128. The molecule has 1 heterocycles. The van der Waals surface area contributed by atoms with Gasteiger partial charge in [-0.2, -0.15) is 0 Å². The lowest BCUT2D eigenvalue weighted by Crippen LogP contribution is -2.44. The van der Waals surface area contributed by atoms with E-state index in [0.29, 0.717) is 20.6 Å². The highest BCUT2D eigenvalue weighted by atomic mass is 35.5. The average molecular weight is 331 g/mol. The maximum absolute atomic E-state index is 12.3. The molecule has 1 aliphatic rings. The lowest BCUT2D eigenvalue weighted by atomic mass is 10.1. The van der Waals surface area contributed by atoms with Crippen molar-refractivity contribution in [3.05, 3.63) is 28.8 Å². The normalized spacial score (nSPS) is 18.9. The van der Waals surface area contributed by atoms with E-state index in [-0.39, 0.29) is 12.8 Å². The van der Waals surface area contributed by atoms with Crippen molar-refractivity contribution in [3.8, 4) is 0 Å². The van der Waals surface area contributed by atoms with Gasteiger partial charge in [0.1, 0.15) is 6.04 Å². The van der Waals surface area contributed by atoms with Crippen LogP contribution in [0.2, 0.25) is 5.02 Å². The summed E-state index contributed by atoms with van der Waals surface area (Å²) in [6.07, 6.45) is 1.14. The van der Waals surface area contributed by atoms with E-state index < -0.39 is 27.9 Å². The Morgan fingerprint density at radius 3 is 2.71 bits per heavy atom. The Hall–Kier alpha value is -1.60. The molecule has 6 nitrogen and oxygen atoms in total. The van der Waals surface area contributed by atoms with Crippen molar-refractivity contribution in [1.29, 1.82) is 0 Å². The van der Waals surface area contributed by atoms with Crippen LogP contribution in [0.15, 0.2) is 18.2 Å². The topological polar surface area (TPSA) is 83.6 Å². The van der Waals surface area contributed by atoms with Crippen LogP contribution in [-0.2, 0) is 19.6 Å². The first kappa shape index (κ1) is 15.8. The molecule has 0 radical (unpaired) electrons. The fourth-order valence-electron chi connectivity index (χ4n) is 2.27. The predicted octanol–water partition coefficient (Wildman–Crippen LogP) is 1.54. The number of nitrogens with zero attached hydrogens (tertiary/aromatic N) is 1. The molecule has 2 amide bonds. The number of halogens is 1. The van der Waals surface area contributed by atoms with Gasteiger partial charge < -0.3 is 5.32 Å². The third kappa shape index (κ3) is 3.19. The fourth-order valence-corrected chi connectivity index (χ4v) is 3.57. The summed E-state index contributed by atoms with van der Waals surface area (Å²) in [5, 5.41) is 3.13. The van der Waals surface area contributed by atoms with Crippen LogP contribution in [0.4, 0.5) is 5.69 Å². The predicted molar refractivity (Wildman–Crippen MR) is 79.5 cm³/mol. The van der Waals surface area contributed by atoms with Gasteiger partial charge in [-0.1, -0.05) is 17.7 Å². The molecule has 0 aliphatic carbocycles. The highest BCUT2D eigenvalue weighted by Crippen LogP contribution is 2.26. The van der Waals surface area contributed by atoms with E-state index in [1.54, 1.807) is 25.1 Å². The van der Waals surface area contributed by atoms with Crippen LogP contribution >= 0.6 is 11.6 Å². The molecule has 1 aliphatic heterocycles. The molecule has 0 saturated carbocycles. The first-order chi connectivity index (χ1) is 9.71. The van der Waals surface area contributed by atoms with Crippen molar-refractivity contribution in [2.24, 2.45) is 0 Å². The van der Waals surface area contributed by atoms with Gasteiger partial charge in [0.25, 0.3) is 0 Å². The van der Waals surface area contributed by atoms with Gasteiger partial charge in [-0.15, -0.1) is 0 Å². The molecule has 0 bridgehead atoms. The van der Waals surface area contributed by atoms with Crippen LogP contribution in [0.3, 0.4) is 0 Å². The van der Waals surface area contributed by atoms with Gasteiger partial charge in [0.05, 0.1) is 6.26 Å². The summed E-state index contributed by atoms with van der Waals surface area (Å²) in [6.45, 7) is 1.74. The second-order valence-electron chi connectivity index (χ2n) is 4.91. The molecule has 0 aromatic heterocycles. The van der Waals surface area contributed by atoms with Crippen LogP contribution in [-0.4, -0.2) is 36.8 Å². The molecule has 114 valence electrons. The van der Waals surface area contributed by atoms with Gasteiger partial charge in [-0.25, -0.2) is 12.7 Å². The number of carbonyl (C=O) groups excluding carboxylic acids is 2. The Morgan fingerprint density at radius 2 is 2.10 bits per heavy atom. The van der Waals surface area contributed by atoms with E-state index in [9.17, 15) is 18.0 Å². The van der Waals surface area contributed by atoms with Gasteiger partial charge in [-0.3, -0.25) is 9.59 Å². The Bertz CT molecular complexity index is 702. The standard InChI is InChI=1S/C13H15ClN2O4S/c1-8-9(14)4-3-5-10(8)15-13(18)11-6-7-12(17)16(11)21(2,19)20/h3-5,11H,6-7H2,1-2H3,(H,15,18). The number of nitrogens with one attached hydrogen (secondary N) is 1. The van der Waals surface area contributed by atoms with Crippen LogP contribution in [0, 0.1) is 6.92 Å². The quantitative estimate of drug-likeness (QED) is 0.911. The van der Waals surface area contributed by atoms with Crippen molar-refractivity contribution in [1.82, 2.24) is 4.31 Å². The third-order valence-electron chi connectivity index (χ3n) is 3.35. The van der Waals surface area contributed by atoms with Crippen molar-refractivity contribution < 1.29 is 18.0 Å². The maximum atomic E-state index is 12.3. The van der Waals surface area contributed by atoms with Gasteiger partial charge in [0.15, 0.2) is 0 Å². The van der Waals surface area contributed by atoms with Crippen molar-refractivity contribution in [2.45, 2.75) is 25.8 Å². The molecular formula is C13H15ClN2O4S. The first-order valence-electron chi connectivity index (χ1n) is 6.30. The molecule has 2 rings (SSSR count). The number of hydrogen-bond donors (Lipinski definition) is 1. The molecule has 1 aromatic carbocycles. The van der Waals surface area contributed by atoms with Gasteiger partial charge in [0.2, 0.25) is 21.8 Å². The van der Waals surface area contributed by atoms with Crippen molar-refractivity contribution in [2.75, 3.05) is 11.6 Å². The first-order valence-corrected chi connectivity index (χ1v) is 8.52. The largest absolute Gasteiger partial charge is 0.324 e. The van der Waals surface area contributed by atoms with Crippen LogP contribution < -0.4 is 5.32 Å². The van der Waals surface area contributed by atoms with E-state index in [2.05, 4.69) is 5.32 Å². The summed E-state index contributed by atoms with van der Waals surface area (Å²) in [6, 6.07) is 4.03. The van der Waals surface area contributed by atoms with E-state index in [1.165, 1.54) is 0 Å². The minimum Gasteiger partial charge on any atom is -0.324 e. The minimum atomic E-state index is -3.76. The van der Waals surface area contributed by atoms with E-state index in [0.717, 1.165) is 6.26 Å². The maximum Gasteiger partial charge on any atom is 0.248 e. The number of carbonyl (C=O) groups is 2. The van der Waals surface area contributed by atoms with Gasteiger partial charge >= 0.3 is 0 Å². The zero-order valence-electron chi connectivity index (χ0n) is 11.6. The Labute approximate surface area is 128 Å². The third-order valence-corrected chi connectivity index (χ3v) is 4.93. The number of hydrogen-bond acceptors (Lipinski definition) is 4. The summed E-state index contributed by atoms with van der Waals surface area (Å²) in [5.74, 6) is -1.09. The number of anilines is 1. The summed E-state index contributed by atoms with van der Waals surface area (Å²) in [4.78, 5) is 23.9. The molecule has 1 N–H and O–H groups in total. The van der Waals surface area contributed by atoms with Crippen molar-refractivity contribution >= 4 is 39.1 Å². The molecule has 8 heteroatoms. The zero-order valence-corrected chi connectivity index (χ0v) is 13.2. The number of rotatable bonds is 3. The molecule has 0 spiro atoms. The Kier molecular flexibility index (Phi) is 4.25. The summed E-state index contributed by atoms with van der Waals surface area (Å²) < 4.78 is 23.9.